The van der Waals surface area contributed by atoms with E-state index >= 15 is 0 Å². The molecule has 1 N–H and O–H groups in total. The minimum absolute atomic E-state index is 0.0281. The van der Waals surface area contributed by atoms with Crippen molar-refractivity contribution >= 4 is 22.8 Å². The third-order valence-electron chi connectivity index (χ3n) is 6.45. The van der Waals surface area contributed by atoms with E-state index in [1.54, 1.807) is 6.08 Å². The topological polar surface area (TPSA) is 65.6 Å². The summed E-state index contributed by atoms with van der Waals surface area (Å²) in [5.41, 5.74) is 1.98. The zero-order chi connectivity index (χ0) is 19.7. The van der Waals surface area contributed by atoms with Gasteiger partial charge in [-0.2, -0.15) is 0 Å². The molecule has 2 aliphatic heterocycles. The molecule has 1 atom stereocenters. The van der Waals surface area contributed by atoms with E-state index in [0.717, 1.165) is 38.0 Å². The maximum absolute atomic E-state index is 12.6. The summed E-state index contributed by atoms with van der Waals surface area (Å²) >= 11 is 0. The van der Waals surface area contributed by atoms with Crippen LogP contribution in [0.1, 0.15) is 24.8 Å². The van der Waals surface area contributed by atoms with Gasteiger partial charge in [0.25, 0.3) is 0 Å². The fraction of sp³-hybridized carbons (Fsp3) is 0.455. The number of nitrogens with one attached hydrogen (secondary N) is 1. The minimum Gasteiger partial charge on any atom is -0.469 e. The molecule has 28 heavy (non-hydrogen) atoms. The summed E-state index contributed by atoms with van der Waals surface area (Å²) in [7, 11) is 1.41. The van der Waals surface area contributed by atoms with Gasteiger partial charge < -0.3 is 14.6 Å². The van der Waals surface area contributed by atoms with Crippen LogP contribution in [0.2, 0.25) is 0 Å². The van der Waals surface area contributed by atoms with Crippen LogP contribution in [-0.4, -0.2) is 58.9 Å². The summed E-state index contributed by atoms with van der Waals surface area (Å²) in [5.74, 6) is -0.634. The van der Waals surface area contributed by atoms with E-state index in [1.807, 2.05) is 11.0 Å². The molecule has 2 aliphatic rings. The van der Waals surface area contributed by atoms with Crippen molar-refractivity contribution in [1.29, 1.82) is 0 Å². The van der Waals surface area contributed by atoms with Crippen LogP contribution < -0.4 is 0 Å². The summed E-state index contributed by atoms with van der Waals surface area (Å²) in [4.78, 5) is 32.6. The van der Waals surface area contributed by atoms with Gasteiger partial charge >= 0.3 is 5.97 Å². The number of carbonyl (C=O) groups is 2. The predicted molar refractivity (Wildman–Crippen MR) is 108 cm³/mol. The van der Waals surface area contributed by atoms with Crippen molar-refractivity contribution in [3.8, 4) is 0 Å². The number of aromatic nitrogens is 1. The monoisotopic (exact) mass is 381 g/mol. The Morgan fingerprint density at radius 2 is 2.11 bits per heavy atom. The molecule has 0 saturated carbocycles. The van der Waals surface area contributed by atoms with Crippen molar-refractivity contribution < 1.29 is 14.3 Å². The fourth-order valence-corrected chi connectivity index (χ4v) is 4.99. The number of hydrogen-bond acceptors (Lipinski definition) is 4. The number of likely N-dealkylation sites (tertiary alicyclic amines) is 2. The van der Waals surface area contributed by atoms with E-state index < -0.39 is 5.54 Å². The van der Waals surface area contributed by atoms with Crippen LogP contribution >= 0.6 is 0 Å². The third kappa shape index (κ3) is 3.02. The number of ether oxygens (including phenoxy) is 1. The average molecular weight is 381 g/mol. The second-order valence-electron chi connectivity index (χ2n) is 7.81. The number of aromatic amines is 1. The largest absolute Gasteiger partial charge is 0.469 e. The Balaban J connectivity index is 1.52. The van der Waals surface area contributed by atoms with E-state index in [9.17, 15) is 9.59 Å². The predicted octanol–water partition coefficient (Wildman–Crippen LogP) is 2.71. The highest BCUT2D eigenvalue weighted by molar-refractivity contribution is 5.89. The zero-order valence-electron chi connectivity index (χ0n) is 16.3. The lowest BCUT2D eigenvalue weighted by atomic mass is 9.76. The molecule has 2 aromatic rings. The molecular formula is C22H27N3O3. The lowest BCUT2D eigenvalue weighted by Crippen LogP contribution is -2.57. The van der Waals surface area contributed by atoms with Crippen molar-refractivity contribution in [3.05, 3.63) is 48.7 Å². The first-order valence-electron chi connectivity index (χ1n) is 9.85. The van der Waals surface area contributed by atoms with Gasteiger partial charge in [-0.15, -0.1) is 6.58 Å². The number of hydrogen-bond donors (Lipinski definition) is 1. The Kier molecular flexibility index (Phi) is 4.98. The standard InChI is InChI=1S/C22H27N3O3/c1-3-10-25-20(26)13-18(21(27)28-2)22(25)8-11-24(12-9-22)15-16-14-23-19-7-5-4-6-17(16)19/h3-7,14,18,23H,1,8-13,15H2,2H3. The molecule has 1 unspecified atom stereocenters. The Bertz CT molecular complexity index is 895. The molecule has 1 spiro atoms. The molecule has 0 radical (unpaired) electrons. The van der Waals surface area contributed by atoms with Gasteiger partial charge in [0.1, 0.15) is 0 Å². The van der Waals surface area contributed by atoms with Crippen molar-refractivity contribution in [3.63, 3.8) is 0 Å². The quantitative estimate of drug-likeness (QED) is 0.639. The Morgan fingerprint density at radius 3 is 2.82 bits per heavy atom. The van der Waals surface area contributed by atoms with E-state index in [4.69, 9.17) is 4.74 Å². The van der Waals surface area contributed by atoms with Gasteiger partial charge in [0.15, 0.2) is 0 Å². The summed E-state index contributed by atoms with van der Waals surface area (Å²) in [6.07, 6.45) is 5.61. The normalized spacial score (nSPS) is 22.1. The molecule has 2 fully saturated rings. The molecule has 2 saturated heterocycles. The van der Waals surface area contributed by atoms with Gasteiger partial charge in [0.2, 0.25) is 5.91 Å². The summed E-state index contributed by atoms with van der Waals surface area (Å²) in [6.45, 7) is 6.82. The number of esters is 1. The lowest BCUT2D eigenvalue weighted by Gasteiger charge is -2.46. The minimum atomic E-state index is -0.449. The highest BCUT2D eigenvalue weighted by Crippen LogP contribution is 2.44. The zero-order valence-corrected chi connectivity index (χ0v) is 16.3. The fourth-order valence-electron chi connectivity index (χ4n) is 4.99. The number of benzene rings is 1. The number of nitrogens with zero attached hydrogens (tertiary/aromatic N) is 2. The van der Waals surface area contributed by atoms with Crippen LogP contribution in [0.3, 0.4) is 0 Å². The van der Waals surface area contributed by atoms with Crippen molar-refractivity contribution in [2.45, 2.75) is 31.3 Å². The maximum atomic E-state index is 12.6. The van der Waals surface area contributed by atoms with Gasteiger partial charge in [0, 0.05) is 49.7 Å². The van der Waals surface area contributed by atoms with Crippen LogP contribution in [-0.2, 0) is 20.9 Å². The highest BCUT2D eigenvalue weighted by atomic mass is 16.5. The van der Waals surface area contributed by atoms with Gasteiger partial charge in [-0.05, 0) is 24.5 Å². The molecule has 148 valence electrons. The number of amides is 1. The molecule has 3 heterocycles. The number of methoxy groups -OCH3 is 1. The van der Waals surface area contributed by atoms with Gasteiger partial charge in [-0.25, -0.2) is 0 Å². The number of fused-ring (bicyclic) bond motifs is 1. The molecule has 4 rings (SSSR count). The van der Waals surface area contributed by atoms with Crippen LogP contribution in [0, 0.1) is 5.92 Å². The molecule has 1 aromatic heterocycles. The maximum Gasteiger partial charge on any atom is 0.311 e. The molecule has 1 aromatic carbocycles. The van der Waals surface area contributed by atoms with Gasteiger partial charge in [-0.3, -0.25) is 14.5 Å². The number of para-hydroxylation sites is 1. The first-order chi connectivity index (χ1) is 13.6. The number of rotatable bonds is 5. The SMILES string of the molecule is C=CCN1C(=O)CC(C(=O)OC)C12CCN(Cc1c[nH]c3ccccc13)CC2. The van der Waals surface area contributed by atoms with Gasteiger partial charge in [-0.1, -0.05) is 24.3 Å². The highest BCUT2D eigenvalue weighted by Gasteiger charge is 2.56. The summed E-state index contributed by atoms with van der Waals surface area (Å²) in [6, 6.07) is 8.32. The summed E-state index contributed by atoms with van der Waals surface area (Å²) < 4.78 is 5.04. The van der Waals surface area contributed by atoms with E-state index in [1.165, 1.54) is 18.1 Å². The molecule has 0 bridgehead atoms. The number of piperidine rings is 1. The molecule has 6 nitrogen and oxygen atoms in total. The van der Waals surface area contributed by atoms with E-state index in [-0.39, 0.29) is 24.2 Å². The van der Waals surface area contributed by atoms with E-state index in [0.29, 0.717) is 6.54 Å². The molecular weight excluding hydrogens is 354 g/mol. The van der Waals surface area contributed by atoms with Crippen molar-refractivity contribution in [1.82, 2.24) is 14.8 Å². The Morgan fingerprint density at radius 1 is 1.36 bits per heavy atom. The second-order valence-corrected chi connectivity index (χ2v) is 7.81. The van der Waals surface area contributed by atoms with Crippen LogP contribution in [0.25, 0.3) is 10.9 Å². The molecule has 6 heteroatoms. The first kappa shape index (κ1) is 18.7. The average Bonchev–Trinajstić information content (AvgIpc) is 3.24. The third-order valence-corrected chi connectivity index (χ3v) is 6.45. The second kappa shape index (κ2) is 7.43. The molecule has 0 aliphatic carbocycles. The van der Waals surface area contributed by atoms with Gasteiger partial charge in [0.05, 0.1) is 18.6 Å². The van der Waals surface area contributed by atoms with Crippen LogP contribution in [0.5, 0.6) is 0 Å². The Hall–Kier alpha value is -2.60. The smallest absolute Gasteiger partial charge is 0.311 e. The Labute approximate surface area is 165 Å². The number of H-pyrrole nitrogens is 1. The molecule has 1 amide bonds. The van der Waals surface area contributed by atoms with Crippen LogP contribution in [0.4, 0.5) is 0 Å². The van der Waals surface area contributed by atoms with E-state index in [2.05, 4.69) is 40.9 Å². The number of carbonyl (C=O) groups excluding carboxylic acids is 2. The first-order valence-corrected chi connectivity index (χ1v) is 9.85. The van der Waals surface area contributed by atoms with Crippen molar-refractivity contribution in [2.24, 2.45) is 5.92 Å². The van der Waals surface area contributed by atoms with Crippen LogP contribution in [0.15, 0.2) is 43.1 Å². The lowest BCUT2D eigenvalue weighted by molar-refractivity contribution is -0.150. The summed E-state index contributed by atoms with van der Waals surface area (Å²) in [5, 5.41) is 1.25. The van der Waals surface area contributed by atoms with Crippen molar-refractivity contribution in [2.75, 3.05) is 26.7 Å².